The molecule has 31 heavy (non-hydrogen) atoms. The summed E-state index contributed by atoms with van der Waals surface area (Å²) in [5, 5.41) is 6.94. The number of hydrogen-bond donors (Lipinski definition) is 4. The molecule has 1 unspecified atom stereocenters. The predicted octanol–water partition coefficient (Wildman–Crippen LogP) is 2.86. The van der Waals surface area contributed by atoms with Crippen LogP contribution in [0.4, 0.5) is 4.79 Å². The van der Waals surface area contributed by atoms with Crippen LogP contribution in [0.5, 0.6) is 0 Å². The largest absolute Gasteiger partial charge is 0.369 e. The molecule has 1 fully saturated rings. The van der Waals surface area contributed by atoms with Crippen molar-refractivity contribution in [2.75, 3.05) is 13.1 Å². The number of aromatic nitrogens is 1. The van der Waals surface area contributed by atoms with E-state index < -0.39 is 0 Å². The number of urea groups is 1. The van der Waals surface area contributed by atoms with Gasteiger partial charge < -0.3 is 21.4 Å². The Kier molecular flexibility index (Phi) is 6.52. The van der Waals surface area contributed by atoms with Crippen LogP contribution < -0.4 is 16.4 Å². The average Bonchev–Trinajstić information content (AvgIpc) is 3.20. The lowest BCUT2D eigenvalue weighted by molar-refractivity contribution is -0.123. The highest BCUT2D eigenvalue weighted by atomic mass is 16.2. The van der Waals surface area contributed by atoms with Gasteiger partial charge >= 0.3 is 6.03 Å². The highest BCUT2D eigenvalue weighted by Gasteiger charge is 2.23. The fourth-order valence-electron chi connectivity index (χ4n) is 4.18. The van der Waals surface area contributed by atoms with Crippen molar-refractivity contribution in [2.45, 2.75) is 32.5 Å². The van der Waals surface area contributed by atoms with E-state index in [0.29, 0.717) is 19.6 Å². The van der Waals surface area contributed by atoms with Gasteiger partial charge in [0.15, 0.2) is 0 Å². The molecule has 1 aliphatic rings. The first kappa shape index (κ1) is 20.9. The number of rotatable bonds is 7. The molecule has 1 aliphatic heterocycles. The maximum Gasteiger partial charge on any atom is 0.315 e. The van der Waals surface area contributed by atoms with Gasteiger partial charge in [-0.1, -0.05) is 42.5 Å². The molecule has 2 heterocycles. The van der Waals surface area contributed by atoms with Crippen LogP contribution in [0, 0.1) is 5.92 Å². The first-order valence-corrected chi connectivity index (χ1v) is 10.7. The Balaban J connectivity index is 1.25. The van der Waals surface area contributed by atoms with Gasteiger partial charge in [-0.05, 0) is 48.0 Å². The molecular formula is C24H29N5O2. The number of nitrogens with two attached hydrogens (primary N) is 1. The van der Waals surface area contributed by atoms with E-state index in [1.54, 1.807) is 0 Å². The van der Waals surface area contributed by atoms with Crippen LogP contribution in [0.25, 0.3) is 10.9 Å². The zero-order valence-corrected chi connectivity index (χ0v) is 17.6. The molecule has 0 radical (unpaired) electrons. The zero-order valence-electron chi connectivity index (χ0n) is 17.6. The number of carbonyl (C=O) groups excluding carboxylic acids is 2. The van der Waals surface area contributed by atoms with Gasteiger partial charge in [0.2, 0.25) is 5.91 Å². The summed E-state index contributed by atoms with van der Waals surface area (Å²) < 4.78 is 0. The summed E-state index contributed by atoms with van der Waals surface area (Å²) in [6.07, 6.45) is 1.87. The van der Waals surface area contributed by atoms with Crippen molar-refractivity contribution in [1.82, 2.24) is 20.5 Å². The van der Waals surface area contributed by atoms with Crippen molar-refractivity contribution >= 4 is 22.8 Å². The van der Waals surface area contributed by atoms with E-state index in [-0.39, 0.29) is 17.9 Å². The second-order valence-corrected chi connectivity index (χ2v) is 8.21. The van der Waals surface area contributed by atoms with Crippen LogP contribution >= 0.6 is 0 Å². The van der Waals surface area contributed by atoms with Crippen molar-refractivity contribution in [3.8, 4) is 0 Å². The maximum atomic E-state index is 12.2. The number of aromatic amines is 1. The van der Waals surface area contributed by atoms with Gasteiger partial charge in [0.25, 0.3) is 0 Å². The highest BCUT2D eigenvalue weighted by Crippen LogP contribution is 2.19. The van der Waals surface area contributed by atoms with E-state index in [9.17, 15) is 9.59 Å². The fourth-order valence-corrected chi connectivity index (χ4v) is 4.18. The van der Waals surface area contributed by atoms with Gasteiger partial charge in [0.1, 0.15) is 0 Å². The van der Waals surface area contributed by atoms with Crippen molar-refractivity contribution < 1.29 is 9.59 Å². The molecule has 162 valence electrons. The van der Waals surface area contributed by atoms with Crippen molar-refractivity contribution in [2.24, 2.45) is 11.7 Å². The SMILES string of the molecule is NC(=O)C1CCCN(Cc2cccc(CNC(=O)NCc3cc4ccccc4[nH]3)c2)C1. The minimum absolute atomic E-state index is 0.0560. The monoisotopic (exact) mass is 419 g/mol. The Hall–Kier alpha value is -3.32. The summed E-state index contributed by atoms with van der Waals surface area (Å²) in [6, 6.07) is 18.1. The second kappa shape index (κ2) is 9.66. The number of amides is 3. The molecule has 0 bridgehead atoms. The van der Waals surface area contributed by atoms with Crippen LogP contribution in [0.1, 0.15) is 29.7 Å². The smallest absolute Gasteiger partial charge is 0.315 e. The van der Waals surface area contributed by atoms with Crippen LogP contribution in [0.15, 0.2) is 54.6 Å². The number of piperidine rings is 1. The molecule has 7 heteroatoms. The minimum atomic E-state index is -0.207. The molecule has 7 nitrogen and oxygen atoms in total. The van der Waals surface area contributed by atoms with Crippen molar-refractivity contribution in [1.29, 1.82) is 0 Å². The molecule has 1 atom stereocenters. The molecule has 4 rings (SSSR count). The van der Waals surface area contributed by atoms with E-state index in [0.717, 1.165) is 48.1 Å². The number of nitrogens with one attached hydrogen (secondary N) is 3. The Morgan fingerprint density at radius 2 is 1.84 bits per heavy atom. The van der Waals surface area contributed by atoms with Crippen LogP contribution in [0.3, 0.4) is 0 Å². The Morgan fingerprint density at radius 1 is 1.03 bits per heavy atom. The third-order valence-corrected chi connectivity index (χ3v) is 5.78. The van der Waals surface area contributed by atoms with Crippen LogP contribution in [-0.4, -0.2) is 34.9 Å². The van der Waals surface area contributed by atoms with Crippen LogP contribution in [-0.2, 0) is 24.4 Å². The summed E-state index contributed by atoms with van der Waals surface area (Å²) in [4.78, 5) is 29.3. The number of hydrogen-bond acceptors (Lipinski definition) is 3. The molecular weight excluding hydrogens is 390 g/mol. The Labute approximate surface area is 182 Å². The number of benzene rings is 2. The number of primary amides is 1. The molecule has 0 spiro atoms. The lowest BCUT2D eigenvalue weighted by atomic mass is 9.97. The molecule has 0 saturated carbocycles. The lowest BCUT2D eigenvalue weighted by Gasteiger charge is -2.31. The molecule has 0 aliphatic carbocycles. The van der Waals surface area contributed by atoms with E-state index in [2.05, 4.69) is 32.7 Å². The van der Waals surface area contributed by atoms with E-state index >= 15 is 0 Å². The molecule has 3 amide bonds. The standard InChI is InChI=1S/C24H29N5O2/c25-23(30)20-8-4-10-29(16-20)15-18-6-3-5-17(11-18)13-26-24(31)27-14-21-12-19-7-1-2-9-22(19)28-21/h1-3,5-7,9,11-12,20,28H,4,8,10,13-16H2,(H2,25,30)(H2,26,27,31). The maximum absolute atomic E-state index is 12.2. The molecule has 2 aromatic carbocycles. The van der Waals surface area contributed by atoms with Crippen molar-refractivity contribution in [3.63, 3.8) is 0 Å². The van der Waals surface area contributed by atoms with Crippen molar-refractivity contribution in [3.05, 3.63) is 71.4 Å². The summed E-state index contributed by atoms with van der Waals surface area (Å²) in [6.45, 7) is 3.37. The lowest BCUT2D eigenvalue weighted by Crippen LogP contribution is -2.40. The normalized spacial score (nSPS) is 16.8. The topological polar surface area (TPSA) is 103 Å². The number of likely N-dealkylation sites (tertiary alicyclic amines) is 1. The quantitative estimate of drug-likeness (QED) is 0.473. The van der Waals surface area contributed by atoms with E-state index in [4.69, 9.17) is 5.73 Å². The first-order chi connectivity index (χ1) is 15.1. The number of carbonyl (C=O) groups is 2. The number of fused-ring (bicyclic) bond motifs is 1. The highest BCUT2D eigenvalue weighted by molar-refractivity contribution is 5.80. The summed E-state index contributed by atoms with van der Waals surface area (Å²) in [5.74, 6) is -0.263. The summed E-state index contributed by atoms with van der Waals surface area (Å²) in [7, 11) is 0. The van der Waals surface area contributed by atoms with Gasteiger partial charge in [0, 0.05) is 30.8 Å². The molecule has 5 N–H and O–H groups in total. The van der Waals surface area contributed by atoms with Gasteiger partial charge in [-0.25, -0.2) is 4.79 Å². The summed E-state index contributed by atoms with van der Waals surface area (Å²) in [5.41, 5.74) is 9.72. The Morgan fingerprint density at radius 3 is 2.68 bits per heavy atom. The van der Waals surface area contributed by atoms with Crippen LogP contribution in [0.2, 0.25) is 0 Å². The van der Waals surface area contributed by atoms with Gasteiger partial charge in [-0.2, -0.15) is 0 Å². The van der Waals surface area contributed by atoms with E-state index in [1.807, 2.05) is 42.5 Å². The third-order valence-electron chi connectivity index (χ3n) is 5.78. The molecule has 1 saturated heterocycles. The third kappa shape index (κ3) is 5.64. The van der Waals surface area contributed by atoms with Gasteiger partial charge in [-0.3, -0.25) is 9.69 Å². The van der Waals surface area contributed by atoms with E-state index in [1.165, 1.54) is 5.56 Å². The number of para-hydroxylation sites is 1. The Bertz CT molecular complexity index is 1030. The zero-order chi connectivity index (χ0) is 21.6. The first-order valence-electron chi connectivity index (χ1n) is 10.7. The van der Waals surface area contributed by atoms with Gasteiger partial charge in [-0.15, -0.1) is 0 Å². The number of H-pyrrole nitrogens is 1. The predicted molar refractivity (Wildman–Crippen MR) is 121 cm³/mol. The minimum Gasteiger partial charge on any atom is -0.369 e. The van der Waals surface area contributed by atoms with Gasteiger partial charge in [0.05, 0.1) is 12.5 Å². The second-order valence-electron chi connectivity index (χ2n) is 8.21. The molecule has 1 aromatic heterocycles. The average molecular weight is 420 g/mol. The summed E-state index contributed by atoms with van der Waals surface area (Å²) >= 11 is 0. The molecule has 3 aromatic rings. The number of nitrogens with zero attached hydrogens (tertiary/aromatic N) is 1. The fraction of sp³-hybridized carbons (Fsp3) is 0.333.